The molecule has 0 aromatic heterocycles. The van der Waals surface area contributed by atoms with Crippen LogP contribution in [0.3, 0.4) is 0 Å². The van der Waals surface area contributed by atoms with Crippen molar-refractivity contribution in [2.24, 2.45) is 5.92 Å². The average Bonchev–Trinajstić information content (AvgIpc) is 2.49. The van der Waals surface area contributed by atoms with Crippen molar-refractivity contribution in [2.45, 2.75) is 70.8 Å². The van der Waals surface area contributed by atoms with E-state index >= 15 is 0 Å². The van der Waals surface area contributed by atoms with Crippen LogP contribution >= 0.6 is 0 Å². The Balaban J connectivity index is 2.48. The zero-order valence-electron chi connectivity index (χ0n) is 14.0. The molecule has 0 amide bonds. The summed E-state index contributed by atoms with van der Waals surface area (Å²) in [6.07, 6.45) is 8.40. The van der Waals surface area contributed by atoms with Crippen molar-refractivity contribution in [1.82, 2.24) is 0 Å². The van der Waals surface area contributed by atoms with E-state index in [1.165, 1.54) is 5.57 Å². The minimum absolute atomic E-state index is 0.270. The summed E-state index contributed by atoms with van der Waals surface area (Å²) in [5.41, 5.74) is 0.481. The maximum absolute atomic E-state index is 11.0. The molecule has 1 N–H and O–H groups in total. The fraction of sp³-hybridized carbons (Fsp3) is 0.889. The van der Waals surface area contributed by atoms with Crippen LogP contribution in [0.15, 0.2) is 12.2 Å². The summed E-state index contributed by atoms with van der Waals surface area (Å²) in [4.78, 5) is 0. The molecule has 21 heavy (non-hydrogen) atoms. The molecule has 3 heteroatoms. The van der Waals surface area contributed by atoms with Crippen LogP contribution in [-0.4, -0.2) is 37.1 Å². The maximum atomic E-state index is 11.0. The molecule has 1 saturated carbocycles. The van der Waals surface area contributed by atoms with Gasteiger partial charge in [0, 0.05) is 13.2 Å². The Bertz CT molecular complexity index is 266. The highest BCUT2D eigenvalue weighted by molar-refractivity contribution is 5.02. The number of allylic oxidation sites excluding steroid dienone is 1. The summed E-state index contributed by atoms with van der Waals surface area (Å²) in [5, 5.41) is 11.0. The highest BCUT2D eigenvalue weighted by Crippen LogP contribution is 2.35. The first-order valence-corrected chi connectivity index (χ1v) is 8.67. The first-order chi connectivity index (χ1) is 10.1. The molecule has 0 aromatic carbocycles. The predicted molar refractivity (Wildman–Crippen MR) is 87.5 cm³/mol. The molecule has 0 bridgehead atoms. The zero-order chi connectivity index (χ0) is 15.6. The van der Waals surface area contributed by atoms with Crippen molar-refractivity contribution in [1.29, 1.82) is 0 Å². The lowest BCUT2D eigenvalue weighted by Crippen LogP contribution is -2.48. The van der Waals surface area contributed by atoms with Crippen LogP contribution in [0.1, 0.15) is 65.2 Å². The second-order valence-corrected chi connectivity index (χ2v) is 6.44. The Morgan fingerprint density at radius 2 is 1.52 bits per heavy atom. The van der Waals surface area contributed by atoms with Gasteiger partial charge in [0.1, 0.15) is 5.60 Å². The number of hydrogen-bond acceptors (Lipinski definition) is 3. The van der Waals surface area contributed by atoms with E-state index in [0.29, 0.717) is 13.2 Å². The van der Waals surface area contributed by atoms with Crippen molar-refractivity contribution in [3.63, 3.8) is 0 Å². The number of rotatable bonds is 11. The Labute approximate surface area is 130 Å². The molecule has 0 heterocycles. The average molecular weight is 298 g/mol. The van der Waals surface area contributed by atoms with Gasteiger partial charge in [-0.05, 0) is 44.4 Å². The summed E-state index contributed by atoms with van der Waals surface area (Å²) in [5.74, 6) is 0.270. The third-order valence-corrected chi connectivity index (χ3v) is 4.44. The van der Waals surface area contributed by atoms with E-state index in [9.17, 15) is 5.11 Å². The van der Waals surface area contributed by atoms with Crippen LogP contribution in [0.25, 0.3) is 0 Å². The first-order valence-electron chi connectivity index (χ1n) is 8.67. The highest BCUT2D eigenvalue weighted by Gasteiger charge is 2.38. The molecule has 0 unspecified atom stereocenters. The van der Waals surface area contributed by atoms with Gasteiger partial charge in [0.15, 0.2) is 0 Å². The van der Waals surface area contributed by atoms with Gasteiger partial charge in [-0.25, -0.2) is 0 Å². The topological polar surface area (TPSA) is 38.7 Å². The molecule has 1 fully saturated rings. The second kappa shape index (κ2) is 10.4. The van der Waals surface area contributed by atoms with Gasteiger partial charge >= 0.3 is 0 Å². The number of hydrogen-bond donors (Lipinski definition) is 1. The molecule has 1 aliphatic carbocycles. The summed E-state index contributed by atoms with van der Waals surface area (Å²) >= 11 is 0. The van der Waals surface area contributed by atoms with Gasteiger partial charge in [-0.1, -0.05) is 38.8 Å². The molecular weight excluding hydrogens is 264 g/mol. The largest absolute Gasteiger partial charge is 0.385 e. The van der Waals surface area contributed by atoms with Crippen LogP contribution < -0.4 is 0 Å². The van der Waals surface area contributed by atoms with Crippen LogP contribution in [0.5, 0.6) is 0 Å². The van der Waals surface area contributed by atoms with Gasteiger partial charge in [0.2, 0.25) is 0 Å². The zero-order valence-corrected chi connectivity index (χ0v) is 14.0. The summed E-state index contributed by atoms with van der Waals surface area (Å²) < 4.78 is 11.4. The Kier molecular flexibility index (Phi) is 9.21. The predicted octanol–water partition coefficient (Wildman–Crippen LogP) is 4.10. The number of ether oxygens (including phenoxy) is 2. The lowest BCUT2D eigenvalue weighted by Gasteiger charge is -2.38. The van der Waals surface area contributed by atoms with E-state index in [2.05, 4.69) is 20.4 Å². The van der Waals surface area contributed by atoms with E-state index in [1.54, 1.807) is 0 Å². The maximum Gasteiger partial charge on any atom is 0.114 e. The molecule has 0 radical (unpaired) electrons. The minimum atomic E-state index is -0.831. The standard InChI is InChI=1S/C18H34O3/c1-4-6-12-20-14-18(19,15-21-13-7-5-2)17-10-8-16(3)9-11-17/h17,19H,3-15H2,1-2H3. The van der Waals surface area contributed by atoms with E-state index < -0.39 is 5.60 Å². The SMILES string of the molecule is C=C1CCC(C(O)(COCCCC)COCCCC)CC1. The fourth-order valence-corrected chi connectivity index (χ4v) is 2.83. The van der Waals surface area contributed by atoms with Gasteiger partial charge in [-0.3, -0.25) is 0 Å². The quantitative estimate of drug-likeness (QED) is 0.461. The third-order valence-electron chi connectivity index (χ3n) is 4.44. The van der Waals surface area contributed by atoms with Gasteiger partial charge in [-0.15, -0.1) is 0 Å². The molecule has 0 spiro atoms. The van der Waals surface area contributed by atoms with Crippen LogP contribution in [0, 0.1) is 5.92 Å². The molecule has 0 atom stereocenters. The van der Waals surface area contributed by atoms with E-state index in [1.807, 2.05) is 0 Å². The fourth-order valence-electron chi connectivity index (χ4n) is 2.83. The lowest BCUT2D eigenvalue weighted by molar-refractivity contribution is -0.133. The van der Waals surface area contributed by atoms with Crippen LogP contribution in [0.4, 0.5) is 0 Å². The molecule has 1 rings (SSSR count). The molecule has 1 aliphatic rings. The lowest BCUT2D eigenvalue weighted by atomic mass is 9.76. The minimum Gasteiger partial charge on any atom is -0.385 e. The molecular formula is C18H34O3. The number of unbranched alkanes of at least 4 members (excludes halogenated alkanes) is 2. The number of aliphatic hydroxyl groups is 1. The monoisotopic (exact) mass is 298 g/mol. The van der Waals surface area contributed by atoms with Crippen molar-refractivity contribution >= 4 is 0 Å². The van der Waals surface area contributed by atoms with Crippen LogP contribution in [0.2, 0.25) is 0 Å². The van der Waals surface area contributed by atoms with E-state index in [0.717, 1.165) is 64.6 Å². The molecule has 0 saturated heterocycles. The van der Waals surface area contributed by atoms with Gasteiger partial charge in [0.05, 0.1) is 13.2 Å². The molecule has 124 valence electrons. The highest BCUT2D eigenvalue weighted by atomic mass is 16.5. The molecule has 0 aromatic rings. The van der Waals surface area contributed by atoms with Crippen LogP contribution in [-0.2, 0) is 9.47 Å². The van der Waals surface area contributed by atoms with Gasteiger partial charge in [-0.2, -0.15) is 0 Å². The van der Waals surface area contributed by atoms with Gasteiger partial charge < -0.3 is 14.6 Å². The molecule has 3 nitrogen and oxygen atoms in total. The van der Waals surface area contributed by atoms with Crippen molar-refractivity contribution in [3.8, 4) is 0 Å². The van der Waals surface area contributed by atoms with Crippen molar-refractivity contribution in [3.05, 3.63) is 12.2 Å². The van der Waals surface area contributed by atoms with E-state index in [4.69, 9.17) is 9.47 Å². The van der Waals surface area contributed by atoms with E-state index in [-0.39, 0.29) is 5.92 Å². The summed E-state index contributed by atoms with van der Waals surface area (Å²) in [7, 11) is 0. The van der Waals surface area contributed by atoms with Crippen molar-refractivity contribution in [2.75, 3.05) is 26.4 Å². The first kappa shape index (κ1) is 18.7. The third kappa shape index (κ3) is 6.94. The Hall–Kier alpha value is -0.380. The summed E-state index contributed by atoms with van der Waals surface area (Å²) in [6, 6.07) is 0. The summed E-state index contributed by atoms with van der Waals surface area (Å²) in [6.45, 7) is 10.6. The normalized spacial score (nSPS) is 17.4. The molecule has 0 aliphatic heterocycles. The smallest absolute Gasteiger partial charge is 0.114 e. The van der Waals surface area contributed by atoms with Gasteiger partial charge in [0.25, 0.3) is 0 Å². The Morgan fingerprint density at radius 1 is 1.05 bits per heavy atom. The second-order valence-electron chi connectivity index (χ2n) is 6.44. The van der Waals surface area contributed by atoms with Crippen molar-refractivity contribution < 1.29 is 14.6 Å². The Morgan fingerprint density at radius 3 is 1.95 bits per heavy atom.